The molecule has 2 aromatic carbocycles. The SMILES string of the molecule is Cc1cc2c(cc1C(=O)c1ccc(C3=C(OI)CCCC3=O)cc1)C(C)(C)CCC2(C)C. The summed E-state index contributed by atoms with van der Waals surface area (Å²) in [5, 5.41) is 0. The van der Waals surface area contributed by atoms with Crippen LogP contribution in [-0.2, 0) is 18.7 Å². The molecule has 2 aliphatic carbocycles. The molecular weight excluding hydrogens is 511 g/mol. The van der Waals surface area contributed by atoms with Gasteiger partial charge in [0.1, 0.15) is 5.76 Å². The molecule has 0 spiro atoms. The molecule has 0 bridgehead atoms. The average molecular weight is 542 g/mol. The topological polar surface area (TPSA) is 43.4 Å². The van der Waals surface area contributed by atoms with E-state index in [-0.39, 0.29) is 22.4 Å². The molecule has 2 aromatic rings. The van der Waals surface area contributed by atoms with E-state index < -0.39 is 0 Å². The molecule has 0 saturated heterocycles. The number of rotatable bonds is 4. The molecule has 4 heteroatoms. The summed E-state index contributed by atoms with van der Waals surface area (Å²) in [6, 6.07) is 11.8. The van der Waals surface area contributed by atoms with Gasteiger partial charge in [-0.3, -0.25) is 9.59 Å². The minimum absolute atomic E-state index is 0.0327. The largest absolute Gasteiger partial charge is 0.431 e. The lowest BCUT2D eigenvalue weighted by molar-refractivity contribution is -0.114. The second-order valence-electron chi connectivity index (χ2n) is 10.5. The van der Waals surface area contributed by atoms with Crippen LogP contribution in [-0.4, -0.2) is 11.6 Å². The molecule has 0 aliphatic heterocycles. The van der Waals surface area contributed by atoms with Crippen molar-refractivity contribution in [3.8, 4) is 0 Å². The Morgan fingerprint density at radius 1 is 0.938 bits per heavy atom. The first-order valence-electron chi connectivity index (χ1n) is 11.4. The molecular formula is C28H31IO3. The van der Waals surface area contributed by atoms with E-state index >= 15 is 0 Å². The highest BCUT2D eigenvalue weighted by Crippen LogP contribution is 2.46. The van der Waals surface area contributed by atoms with Crippen LogP contribution in [0.5, 0.6) is 0 Å². The van der Waals surface area contributed by atoms with E-state index in [9.17, 15) is 9.59 Å². The summed E-state index contributed by atoms with van der Waals surface area (Å²) in [6.45, 7) is 11.2. The predicted octanol–water partition coefficient (Wildman–Crippen LogP) is 7.41. The molecule has 0 heterocycles. The zero-order chi connectivity index (χ0) is 23.3. The standard InChI is InChI=1S/C28H31IO3/c1-17-15-21-22(28(4,5)14-13-27(21,2)3)16-20(17)26(31)19-11-9-18(10-12-19)25-23(30)7-6-8-24(25)32-29/h9-12,15-16H,6-8,13-14H2,1-5H3. The van der Waals surface area contributed by atoms with Crippen molar-refractivity contribution in [3.63, 3.8) is 0 Å². The molecule has 0 saturated carbocycles. The molecule has 168 valence electrons. The Kier molecular flexibility index (Phi) is 6.12. The zero-order valence-electron chi connectivity index (χ0n) is 19.6. The van der Waals surface area contributed by atoms with Gasteiger partial charge in [-0.2, -0.15) is 0 Å². The Balaban J connectivity index is 1.72. The molecule has 0 unspecified atom stereocenters. The molecule has 0 fully saturated rings. The Morgan fingerprint density at radius 2 is 1.53 bits per heavy atom. The van der Waals surface area contributed by atoms with Gasteiger partial charge < -0.3 is 3.07 Å². The van der Waals surface area contributed by atoms with Crippen molar-refractivity contribution in [2.75, 3.05) is 0 Å². The van der Waals surface area contributed by atoms with Crippen LogP contribution in [0.4, 0.5) is 0 Å². The van der Waals surface area contributed by atoms with Crippen molar-refractivity contribution in [1.29, 1.82) is 0 Å². The lowest BCUT2D eigenvalue weighted by Gasteiger charge is -2.42. The first kappa shape index (κ1) is 23.2. The van der Waals surface area contributed by atoms with Crippen molar-refractivity contribution in [2.45, 2.75) is 77.6 Å². The monoisotopic (exact) mass is 542 g/mol. The van der Waals surface area contributed by atoms with Gasteiger partial charge in [0.2, 0.25) is 0 Å². The number of halogens is 1. The number of carbonyl (C=O) groups excluding carboxylic acids is 2. The van der Waals surface area contributed by atoms with E-state index in [0.717, 1.165) is 48.1 Å². The third-order valence-electron chi connectivity index (χ3n) is 7.34. The number of benzene rings is 2. The Morgan fingerprint density at radius 3 is 2.12 bits per heavy atom. The Hall–Kier alpha value is -1.95. The number of fused-ring (bicyclic) bond motifs is 1. The van der Waals surface area contributed by atoms with E-state index in [0.29, 0.717) is 17.6 Å². The van der Waals surface area contributed by atoms with Crippen LogP contribution in [0.15, 0.2) is 42.2 Å². The number of hydrogen-bond donors (Lipinski definition) is 0. The van der Waals surface area contributed by atoms with Gasteiger partial charge in [0.05, 0.1) is 5.57 Å². The normalized spacial score (nSPS) is 19.5. The summed E-state index contributed by atoms with van der Waals surface area (Å²) >= 11 is 1.85. The fourth-order valence-corrected chi connectivity index (χ4v) is 5.57. The molecule has 0 N–H and O–H groups in total. The van der Waals surface area contributed by atoms with E-state index in [1.807, 2.05) is 54.2 Å². The van der Waals surface area contributed by atoms with Crippen LogP contribution in [0.3, 0.4) is 0 Å². The zero-order valence-corrected chi connectivity index (χ0v) is 21.8. The van der Waals surface area contributed by atoms with Crippen molar-refractivity contribution in [1.82, 2.24) is 0 Å². The minimum atomic E-state index is 0.0327. The summed E-state index contributed by atoms with van der Waals surface area (Å²) in [6.07, 6.45) is 4.40. The first-order chi connectivity index (χ1) is 15.0. The van der Waals surface area contributed by atoms with Crippen LogP contribution in [0, 0.1) is 6.92 Å². The van der Waals surface area contributed by atoms with Gasteiger partial charge in [-0.15, -0.1) is 0 Å². The predicted molar refractivity (Wildman–Crippen MR) is 137 cm³/mol. The molecule has 3 nitrogen and oxygen atoms in total. The number of carbonyl (C=O) groups is 2. The Labute approximate surface area is 205 Å². The molecule has 0 aromatic heterocycles. The van der Waals surface area contributed by atoms with Crippen molar-refractivity contribution >= 4 is 40.1 Å². The van der Waals surface area contributed by atoms with Gasteiger partial charge in [-0.25, -0.2) is 0 Å². The van der Waals surface area contributed by atoms with Crippen molar-refractivity contribution in [3.05, 3.63) is 75.5 Å². The smallest absolute Gasteiger partial charge is 0.193 e. The number of allylic oxidation sites excluding steroid dienone is 2. The van der Waals surface area contributed by atoms with E-state index in [4.69, 9.17) is 3.07 Å². The fraction of sp³-hybridized carbons (Fsp3) is 0.429. The van der Waals surface area contributed by atoms with Crippen molar-refractivity contribution < 1.29 is 12.7 Å². The summed E-state index contributed by atoms with van der Waals surface area (Å²) in [5.74, 6) is 0.874. The first-order valence-corrected chi connectivity index (χ1v) is 12.3. The molecule has 32 heavy (non-hydrogen) atoms. The van der Waals surface area contributed by atoms with Crippen LogP contribution in [0.25, 0.3) is 5.57 Å². The second kappa shape index (κ2) is 8.44. The van der Waals surface area contributed by atoms with Gasteiger partial charge in [-0.1, -0.05) is 58.0 Å². The number of ketones is 2. The van der Waals surface area contributed by atoms with Crippen molar-refractivity contribution in [2.24, 2.45) is 0 Å². The van der Waals surface area contributed by atoms with Crippen LogP contribution in [0.1, 0.15) is 98.0 Å². The molecule has 0 amide bonds. The van der Waals surface area contributed by atoms with Gasteiger partial charge in [0.25, 0.3) is 0 Å². The lowest BCUT2D eigenvalue weighted by Crippen LogP contribution is -2.34. The highest BCUT2D eigenvalue weighted by atomic mass is 127. The number of aryl methyl sites for hydroxylation is 1. The lowest BCUT2D eigenvalue weighted by atomic mass is 9.62. The summed E-state index contributed by atoms with van der Waals surface area (Å²) in [4.78, 5) is 26.0. The maximum Gasteiger partial charge on any atom is 0.193 e. The minimum Gasteiger partial charge on any atom is -0.431 e. The average Bonchev–Trinajstić information content (AvgIpc) is 2.76. The van der Waals surface area contributed by atoms with Gasteiger partial charge >= 0.3 is 0 Å². The Bertz CT molecular complexity index is 1120. The molecule has 0 atom stereocenters. The molecule has 4 rings (SSSR count). The molecule has 2 aliphatic rings. The number of Topliss-reactive ketones (excluding diaryl/α,β-unsaturated/α-hetero) is 1. The van der Waals surface area contributed by atoms with E-state index in [2.05, 4.69) is 39.8 Å². The van der Waals surface area contributed by atoms with E-state index in [1.165, 1.54) is 11.1 Å². The van der Waals surface area contributed by atoms with Gasteiger partial charge in [-0.05, 0) is 65.3 Å². The third-order valence-corrected chi connectivity index (χ3v) is 7.87. The summed E-state index contributed by atoms with van der Waals surface area (Å²) in [7, 11) is 0. The van der Waals surface area contributed by atoms with Gasteiger partial charge in [0.15, 0.2) is 34.6 Å². The second-order valence-corrected chi connectivity index (χ2v) is 11.0. The van der Waals surface area contributed by atoms with Gasteiger partial charge in [0, 0.05) is 24.0 Å². The van der Waals surface area contributed by atoms with Crippen LogP contribution in [0.2, 0.25) is 0 Å². The third kappa shape index (κ3) is 4.07. The highest BCUT2D eigenvalue weighted by Gasteiger charge is 2.38. The quantitative estimate of drug-likeness (QED) is 0.299. The number of hydrogen-bond acceptors (Lipinski definition) is 3. The fourth-order valence-electron chi connectivity index (χ4n) is 5.12. The summed E-state index contributed by atoms with van der Waals surface area (Å²) in [5.41, 5.74) is 6.75. The van der Waals surface area contributed by atoms with E-state index in [1.54, 1.807) is 0 Å². The molecule has 0 radical (unpaired) electrons. The highest BCUT2D eigenvalue weighted by molar-refractivity contribution is 14.1. The maximum absolute atomic E-state index is 13.5. The van der Waals surface area contributed by atoms with Crippen LogP contribution < -0.4 is 0 Å². The maximum atomic E-state index is 13.5. The van der Waals surface area contributed by atoms with Crippen LogP contribution >= 0.6 is 23.0 Å². The summed E-state index contributed by atoms with van der Waals surface area (Å²) < 4.78 is 5.44.